The maximum Gasteiger partial charge on any atom is 0.243 e. The standard InChI is InChI=1S/C45H54N8O5S/c46-21-9-8-15-35(40(47)54)50-41(55)36(25-29-10-2-1-3-11-29)51-42(56)37(26-30-17-18-31-12-4-5-13-32(31)24-30)52-43(57)38(53-44(58)45(48)19-22-49-23-20-45)27-33-28-59-39-16-7-6-14-34(33)39/h1-7,10-14,16-18,24,28,35-38,49H,8-9,15,19-23,25-27,46,48H2,(H2,47,54)(H,50,55)(H,51,56)(H,52,57)(H,53,58)/t35-,36-,37+,38+/m0/s1. The molecule has 2 heterocycles. The van der Waals surface area contributed by atoms with Crippen molar-refractivity contribution >= 4 is 61.7 Å². The summed E-state index contributed by atoms with van der Waals surface area (Å²) in [6.07, 6.45) is 2.62. The summed E-state index contributed by atoms with van der Waals surface area (Å²) >= 11 is 1.54. The molecule has 13 nitrogen and oxygen atoms in total. The van der Waals surface area contributed by atoms with Gasteiger partial charge in [0.15, 0.2) is 0 Å². The molecule has 1 fully saturated rings. The van der Waals surface area contributed by atoms with Crippen LogP contribution in [0.5, 0.6) is 0 Å². The van der Waals surface area contributed by atoms with Crippen molar-refractivity contribution in [2.75, 3.05) is 19.6 Å². The Bertz CT molecular complexity index is 2240. The van der Waals surface area contributed by atoms with Crippen molar-refractivity contribution in [2.45, 2.75) is 81.1 Å². The Balaban J connectivity index is 1.31. The molecule has 1 aliphatic rings. The van der Waals surface area contributed by atoms with E-state index in [1.165, 1.54) is 0 Å². The minimum atomic E-state index is -1.18. The number of carbonyl (C=O) groups is 5. The van der Waals surface area contributed by atoms with Gasteiger partial charge in [-0.05, 0) is 96.0 Å². The molecular weight excluding hydrogens is 765 g/mol. The highest BCUT2D eigenvalue weighted by Crippen LogP contribution is 2.27. The summed E-state index contributed by atoms with van der Waals surface area (Å²) in [6.45, 7) is 1.56. The molecule has 0 saturated carbocycles. The van der Waals surface area contributed by atoms with Crippen LogP contribution in [0.1, 0.15) is 48.8 Å². The van der Waals surface area contributed by atoms with Crippen LogP contribution in [0.15, 0.2) is 102 Å². The van der Waals surface area contributed by atoms with Crippen molar-refractivity contribution in [3.63, 3.8) is 0 Å². The number of amides is 5. The number of nitrogens with two attached hydrogens (primary N) is 3. The second kappa shape index (κ2) is 20.3. The van der Waals surface area contributed by atoms with E-state index in [2.05, 4.69) is 26.6 Å². The molecule has 0 spiro atoms. The SMILES string of the molecule is NCCCC[C@H](NC(=O)[C@H](Cc1ccccc1)NC(=O)[C@@H](Cc1ccc2ccccc2c1)NC(=O)[C@@H](Cc1csc2ccccc12)NC(=O)C1(N)CCNCC1)C(N)=O. The van der Waals surface area contributed by atoms with Gasteiger partial charge in [0, 0.05) is 24.0 Å². The highest BCUT2D eigenvalue weighted by atomic mass is 32.1. The number of thiophene rings is 1. The maximum absolute atomic E-state index is 14.6. The molecule has 6 rings (SSSR count). The fourth-order valence-electron chi connectivity index (χ4n) is 7.49. The van der Waals surface area contributed by atoms with Crippen molar-refractivity contribution in [1.82, 2.24) is 26.6 Å². The number of rotatable bonds is 19. The zero-order valence-electron chi connectivity index (χ0n) is 33.1. The van der Waals surface area contributed by atoms with Crippen LogP contribution in [0.3, 0.4) is 0 Å². The third kappa shape index (κ3) is 11.5. The minimum Gasteiger partial charge on any atom is -0.368 e. The molecule has 4 aromatic carbocycles. The number of hydrogen-bond donors (Lipinski definition) is 8. The third-order valence-corrected chi connectivity index (χ3v) is 12.0. The van der Waals surface area contributed by atoms with Crippen LogP contribution in [-0.4, -0.2) is 78.9 Å². The second-order valence-corrected chi connectivity index (χ2v) is 16.3. The normalized spacial score (nSPS) is 15.7. The van der Waals surface area contributed by atoms with E-state index < -0.39 is 59.2 Å². The number of fused-ring (bicyclic) bond motifs is 2. The highest BCUT2D eigenvalue weighted by molar-refractivity contribution is 7.17. The van der Waals surface area contributed by atoms with Crippen LogP contribution in [0.4, 0.5) is 0 Å². The molecule has 0 bridgehead atoms. The van der Waals surface area contributed by atoms with E-state index in [0.29, 0.717) is 45.3 Å². The van der Waals surface area contributed by atoms with E-state index in [9.17, 15) is 24.0 Å². The summed E-state index contributed by atoms with van der Waals surface area (Å²) in [6, 6.07) is 26.3. The van der Waals surface area contributed by atoms with Crippen molar-refractivity contribution in [2.24, 2.45) is 17.2 Å². The summed E-state index contributed by atoms with van der Waals surface area (Å²) in [4.78, 5) is 69.4. The van der Waals surface area contributed by atoms with E-state index in [-0.39, 0.29) is 25.7 Å². The molecule has 1 aromatic heterocycles. The number of primary amides is 1. The smallest absolute Gasteiger partial charge is 0.243 e. The maximum atomic E-state index is 14.6. The predicted octanol–water partition coefficient (Wildman–Crippen LogP) is 2.72. The van der Waals surface area contributed by atoms with Gasteiger partial charge in [-0.2, -0.15) is 0 Å². The molecule has 0 radical (unpaired) electrons. The number of unbranched alkanes of at least 4 members (excludes halogenated alkanes) is 1. The molecule has 5 amide bonds. The number of carbonyl (C=O) groups excluding carboxylic acids is 5. The number of piperidine rings is 1. The average Bonchev–Trinajstić information content (AvgIpc) is 3.65. The van der Waals surface area contributed by atoms with E-state index in [1.54, 1.807) is 11.3 Å². The first-order valence-electron chi connectivity index (χ1n) is 20.2. The Labute approximate surface area is 348 Å². The molecule has 14 heteroatoms. The van der Waals surface area contributed by atoms with Gasteiger partial charge in [0.25, 0.3) is 0 Å². The number of hydrogen-bond acceptors (Lipinski definition) is 9. The third-order valence-electron chi connectivity index (χ3n) is 11.0. The van der Waals surface area contributed by atoms with Gasteiger partial charge < -0.3 is 43.8 Å². The van der Waals surface area contributed by atoms with Crippen LogP contribution in [0.2, 0.25) is 0 Å². The van der Waals surface area contributed by atoms with Crippen LogP contribution in [0, 0.1) is 0 Å². The molecule has 4 atom stereocenters. The largest absolute Gasteiger partial charge is 0.368 e. The fourth-order valence-corrected chi connectivity index (χ4v) is 8.46. The molecule has 5 aromatic rings. The molecule has 11 N–H and O–H groups in total. The van der Waals surface area contributed by atoms with E-state index in [4.69, 9.17) is 17.2 Å². The van der Waals surface area contributed by atoms with Crippen molar-refractivity contribution in [3.8, 4) is 0 Å². The highest BCUT2D eigenvalue weighted by Gasteiger charge is 2.38. The summed E-state index contributed by atoms with van der Waals surface area (Å²) in [7, 11) is 0. The van der Waals surface area contributed by atoms with Crippen LogP contribution >= 0.6 is 11.3 Å². The zero-order valence-corrected chi connectivity index (χ0v) is 33.9. The summed E-state index contributed by atoms with van der Waals surface area (Å²) in [5.74, 6) is -2.94. The molecule has 1 aliphatic heterocycles. The van der Waals surface area contributed by atoms with Gasteiger partial charge in [-0.15, -0.1) is 11.3 Å². The van der Waals surface area contributed by atoms with Crippen LogP contribution in [-0.2, 0) is 43.2 Å². The van der Waals surface area contributed by atoms with Crippen molar-refractivity contribution < 1.29 is 24.0 Å². The van der Waals surface area contributed by atoms with E-state index in [0.717, 1.165) is 37.5 Å². The van der Waals surface area contributed by atoms with E-state index in [1.807, 2.05) is 102 Å². The average molecular weight is 819 g/mol. The molecule has 1 saturated heterocycles. The topological polar surface area (TPSA) is 224 Å². The van der Waals surface area contributed by atoms with Crippen molar-refractivity contribution in [3.05, 3.63) is 119 Å². The Morgan fingerprint density at radius 3 is 1.93 bits per heavy atom. The quantitative estimate of drug-likeness (QED) is 0.0578. The first-order valence-corrected chi connectivity index (χ1v) is 21.1. The predicted molar refractivity (Wildman–Crippen MR) is 232 cm³/mol. The van der Waals surface area contributed by atoms with E-state index >= 15 is 0 Å². The van der Waals surface area contributed by atoms with Crippen LogP contribution < -0.4 is 43.8 Å². The van der Waals surface area contributed by atoms with Gasteiger partial charge in [-0.3, -0.25) is 24.0 Å². The lowest BCUT2D eigenvalue weighted by atomic mass is 9.88. The Morgan fingerprint density at radius 2 is 1.25 bits per heavy atom. The summed E-state index contributed by atoms with van der Waals surface area (Å²) < 4.78 is 1.04. The van der Waals surface area contributed by atoms with Gasteiger partial charge in [-0.25, -0.2) is 0 Å². The molecule has 0 aliphatic carbocycles. The lowest BCUT2D eigenvalue weighted by molar-refractivity contribution is -0.135. The lowest BCUT2D eigenvalue weighted by Crippen LogP contribution is -2.63. The molecular formula is C45H54N8O5S. The van der Waals surface area contributed by atoms with Gasteiger partial charge >= 0.3 is 0 Å². The Kier molecular flexibility index (Phi) is 14.8. The first kappa shape index (κ1) is 42.9. The first-order chi connectivity index (χ1) is 28.5. The summed E-state index contributed by atoms with van der Waals surface area (Å²) in [5.41, 5.74) is 19.2. The van der Waals surface area contributed by atoms with Gasteiger partial charge in [0.05, 0.1) is 5.54 Å². The molecule has 0 unspecified atom stereocenters. The fraction of sp³-hybridized carbons (Fsp3) is 0.356. The number of nitrogens with one attached hydrogen (secondary N) is 5. The minimum absolute atomic E-state index is 0.0691. The van der Waals surface area contributed by atoms with Gasteiger partial charge in [0.2, 0.25) is 29.5 Å². The van der Waals surface area contributed by atoms with Gasteiger partial charge in [0.1, 0.15) is 24.2 Å². The Morgan fingerprint density at radius 1 is 0.661 bits per heavy atom. The van der Waals surface area contributed by atoms with Crippen LogP contribution in [0.25, 0.3) is 20.9 Å². The monoisotopic (exact) mass is 818 g/mol. The number of benzene rings is 4. The molecule has 310 valence electrons. The van der Waals surface area contributed by atoms with Gasteiger partial charge in [-0.1, -0.05) is 91.0 Å². The Hall–Kier alpha value is -5.67. The zero-order chi connectivity index (χ0) is 41.8. The second-order valence-electron chi connectivity index (χ2n) is 15.3. The lowest BCUT2D eigenvalue weighted by Gasteiger charge is -2.34. The summed E-state index contributed by atoms with van der Waals surface area (Å²) in [5, 5.41) is 19.7. The molecule has 59 heavy (non-hydrogen) atoms. The van der Waals surface area contributed by atoms with Crippen molar-refractivity contribution in [1.29, 1.82) is 0 Å².